The van der Waals surface area contributed by atoms with Crippen LogP contribution in [0.15, 0.2) is 23.1 Å². The molecule has 0 unspecified atom stereocenters. The highest BCUT2D eigenvalue weighted by Gasteiger charge is 2.11. The Morgan fingerprint density at radius 2 is 2.18 bits per heavy atom. The smallest absolute Gasteiger partial charge is 0.130 e. The molecule has 2 nitrogen and oxygen atoms in total. The van der Waals surface area contributed by atoms with E-state index in [9.17, 15) is 0 Å². The molecule has 17 heavy (non-hydrogen) atoms. The molecule has 1 aromatic carbocycles. The summed E-state index contributed by atoms with van der Waals surface area (Å²) in [6, 6.07) is 5.90. The quantitative estimate of drug-likeness (QED) is 0.633. The first-order chi connectivity index (χ1) is 8.06. The fourth-order valence-corrected chi connectivity index (χ4v) is 2.35. The van der Waals surface area contributed by atoms with Crippen molar-refractivity contribution in [3.05, 3.63) is 23.8 Å². The van der Waals surface area contributed by atoms with E-state index in [0.29, 0.717) is 17.5 Å². The highest BCUT2D eigenvalue weighted by molar-refractivity contribution is 7.98. The van der Waals surface area contributed by atoms with Crippen LogP contribution in [-0.2, 0) is 0 Å². The third kappa shape index (κ3) is 4.21. The predicted octanol–water partition coefficient (Wildman–Crippen LogP) is 3.47. The van der Waals surface area contributed by atoms with Gasteiger partial charge in [0.05, 0.1) is 12.2 Å². The molecule has 0 aliphatic rings. The number of ether oxygens (including phenoxy) is 1. The first-order valence-corrected chi connectivity index (χ1v) is 7.29. The van der Waals surface area contributed by atoms with Gasteiger partial charge in [-0.2, -0.15) is 0 Å². The van der Waals surface area contributed by atoms with E-state index >= 15 is 0 Å². The Balaban J connectivity index is 2.87. The lowest BCUT2D eigenvalue weighted by molar-refractivity contribution is 0.288. The number of benzene rings is 1. The zero-order chi connectivity index (χ0) is 12.8. The van der Waals surface area contributed by atoms with Crippen LogP contribution < -0.4 is 10.5 Å². The number of thioether (sulfide) groups is 1. The largest absolute Gasteiger partial charge is 0.493 e. The van der Waals surface area contributed by atoms with Crippen molar-refractivity contribution in [2.45, 2.75) is 25.2 Å². The molecule has 4 heteroatoms. The van der Waals surface area contributed by atoms with Crippen LogP contribution in [0.5, 0.6) is 5.75 Å². The molecule has 0 aliphatic carbocycles. The SMILES string of the molecule is CSc1cccc(OCCC(C)C)c1C(N)=S. The molecule has 0 spiro atoms. The molecular weight excluding hydrogens is 250 g/mol. The van der Waals surface area contributed by atoms with Gasteiger partial charge in [0.2, 0.25) is 0 Å². The monoisotopic (exact) mass is 269 g/mol. The van der Waals surface area contributed by atoms with E-state index < -0.39 is 0 Å². The van der Waals surface area contributed by atoms with Crippen LogP contribution in [0, 0.1) is 5.92 Å². The molecule has 0 amide bonds. The molecule has 0 radical (unpaired) electrons. The number of hydrogen-bond acceptors (Lipinski definition) is 3. The predicted molar refractivity (Wildman–Crippen MR) is 79.1 cm³/mol. The van der Waals surface area contributed by atoms with Crippen molar-refractivity contribution in [1.29, 1.82) is 0 Å². The summed E-state index contributed by atoms with van der Waals surface area (Å²) in [6.07, 6.45) is 3.04. The second-order valence-corrected chi connectivity index (χ2v) is 5.52. The number of thiocarbonyl (C=S) groups is 1. The van der Waals surface area contributed by atoms with Crippen LogP contribution in [-0.4, -0.2) is 17.9 Å². The fraction of sp³-hybridized carbons (Fsp3) is 0.462. The van der Waals surface area contributed by atoms with Gasteiger partial charge in [-0.15, -0.1) is 11.8 Å². The lowest BCUT2D eigenvalue weighted by Gasteiger charge is -2.14. The average molecular weight is 269 g/mol. The minimum Gasteiger partial charge on any atom is -0.493 e. The maximum Gasteiger partial charge on any atom is 0.130 e. The number of hydrogen-bond donors (Lipinski definition) is 1. The van der Waals surface area contributed by atoms with E-state index in [1.54, 1.807) is 11.8 Å². The van der Waals surface area contributed by atoms with E-state index in [4.69, 9.17) is 22.7 Å². The summed E-state index contributed by atoms with van der Waals surface area (Å²) >= 11 is 6.72. The molecule has 0 saturated heterocycles. The normalized spacial score (nSPS) is 10.6. The molecule has 0 fully saturated rings. The second-order valence-electron chi connectivity index (χ2n) is 4.23. The first-order valence-electron chi connectivity index (χ1n) is 5.65. The summed E-state index contributed by atoms with van der Waals surface area (Å²) in [5.74, 6) is 1.43. The number of nitrogens with two attached hydrogens (primary N) is 1. The van der Waals surface area contributed by atoms with Crippen LogP contribution in [0.4, 0.5) is 0 Å². The Kier molecular flexibility index (Phi) is 5.78. The van der Waals surface area contributed by atoms with Gasteiger partial charge in [-0.3, -0.25) is 0 Å². The van der Waals surface area contributed by atoms with Gasteiger partial charge in [0.1, 0.15) is 10.7 Å². The van der Waals surface area contributed by atoms with Gasteiger partial charge in [0.25, 0.3) is 0 Å². The first kappa shape index (κ1) is 14.3. The van der Waals surface area contributed by atoms with Crippen LogP contribution in [0.1, 0.15) is 25.8 Å². The Hall–Kier alpha value is -0.740. The molecule has 0 atom stereocenters. The molecular formula is C13H19NOS2. The molecule has 1 rings (SSSR count). The van der Waals surface area contributed by atoms with Gasteiger partial charge in [0.15, 0.2) is 0 Å². The summed E-state index contributed by atoms with van der Waals surface area (Å²) in [4.78, 5) is 1.47. The van der Waals surface area contributed by atoms with Crippen molar-refractivity contribution in [2.24, 2.45) is 11.7 Å². The maximum atomic E-state index is 5.77. The van der Waals surface area contributed by atoms with Crippen LogP contribution >= 0.6 is 24.0 Å². The van der Waals surface area contributed by atoms with E-state index in [0.717, 1.165) is 22.6 Å². The summed E-state index contributed by atoms with van der Waals surface area (Å²) in [5, 5.41) is 0. The highest BCUT2D eigenvalue weighted by atomic mass is 32.2. The standard InChI is InChI=1S/C13H19NOS2/c1-9(2)7-8-15-10-5-4-6-11(17-3)12(10)13(14)16/h4-6,9H,7-8H2,1-3H3,(H2,14,16). The third-order valence-electron chi connectivity index (χ3n) is 2.41. The van der Waals surface area contributed by atoms with E-state index in [1.807, 2.05) is 24.5 Å². The summed E-state index contributed by atoms with van der Waals surface area (Å²) in [6.45, 7) is 5.05. The Morgan fingerprint density at radius 1 is 1.47 bits per heavy atom. The molecule has 0 aromatic heterocycles. The Morgan fingerprint density at radius 3 is 2.71 bits per heavy atom. The van der Waals surface area contributed by atoms with Crippen molar-refractivity contribution in [2.75, 3.05) is 12.9 Å². The lowest BCUT2D eigenvalue weighted by Crippen LogP contribution is -2.14. The maximum absolute atomic E-state index is 5.77. The molecule has 1 aromatic rings. The second kappa shape index (κ2) is 6.87. The van der Waals surface area contributed by atoms with Gasteiger partial charge >= 0.3 is 0 Å². The van der Waals surface area contributed by atoms with Crippen molar-refractivity contribution < 1.29 is 4.74 Å². The van der Waals surface area contributed by atoms with Crippen LogP contribution in [0.2, 0.25) is 0 Å². The Labute approximate surface area is 113 Å². The molecule has 0 bridgehead atoms. The van der Waals surface area contributed by atoms with Crippen molar-refractivity contribution in [3.63, 3.8) is 0 Å². The van der Waals surface area contributed by atoms with Gasteiger partial charge in [0, 0.05) is 4.90 Å². The zero-order valence-electron chi connectivity index (χ0n) is 10.5. The molecule has 0 heterocycles. The van der Waals surface area contributed by atoms with Crippen LogP contribution in [0.3, 0.4) is 0 Å². The van der Waals surface area contributed by atoms with E-state index in [-0.39, 0.29) is 0 Å². The van der Waals surface area contributed by atoms with Gasteiger partial charge in [-0.05, 0) is 30.7 Å². The molecule has 0 saturated carbocycles. The summed E-state index contributed by atoms with van der Waals surface area (Å²) < 4.78 is 5.77. The minimum atomic E-state index is 0.398. The average Bonchev–Trinajstić information content (AvgIpc) is 2.27. The third-order valence-corrected chi connectivity index (χ3v) is 3.39. The van der Waals surface area contributed by atoms with Gasteiger partial charge in [-0.1, -0.05) is 32.1 Å². The van der Waals surface area contributed by atoms with E-state index in [1.165, 1.54) is 0 Å². The molecule has 2 N–H and O–H groups in total. The summed E-state index contributed by atoms with van der Waals surface area (Å²) in [5.41, 5.74) is 6.62. The van der Waals surface area contributed by atoms with Crippen LogP contribution in [0.25, 0.3) is 0 Å². The molecule has 0 aliphatic heterocycles. The molecule has 94 valence electrons. The fourth-order valence-electron chi connectivity index (χ4n) is 1.45. The lowest BCUT2D eigenvalue weighted by atomic mass is 10.1. The van der Waals surface area contributed by atoms with Gasteiger partial charge < -0.3 is 10.5 Å². The topological polar surface area (TPSA) is 35.2 Å². The summed E-state index contributed by atoms with van der Waals surface area (Å²) in [7, 11) is 0. The zero-order valence-corrected chi connectivity index (χ0v) is 12.2. The Bertz CT molecular complexity index is 391. The van der Waals surface area contributed by atoms with E-state index in [2.05, 4.69) is 13.8 Å². The van der Waals surface area contributed by atoms with Crippen molar-refractivity contribution in [1.82, 2.24) is 0 Å². The minimum absolute atomic E-state index is 0.398. The van der Waals surface area contributed by atoms with Crippen molar-refractivity contribution >= 4 is 29.0 Å². The number of rotatable bonds is 6. The highest BCUT2D eigenvalue weighted by Crippen LogP contribution is 2.29. The van der Waals surface area contributed by atoms with Crippen molar-refractivity contribution in [3.8, 4) is 5.75 Å². The van der Waals surface area contributed by atoms with Gasteiger partial charge in [-0.25, -0.2) is 0 Å².